The molecule has 0 aliphatic carbocycles. The van der Waals surface area contributed by atoms with Crippen molar-refractivity contribution in [2.24, 2.45) is 0 Å². The third-order valence-corrected chi connectivity index (χ3v) is 4.56. The van der Waals surface area contributed by atoms with E-state index in [4.69, 9.17) is 0 Å². The van der Waals surface area contributed by atoms with Gasteiger partial charge in [-0.15, -0.1) is 0 Å². The average Bonchev–Trinajstić information content (AvgIpc) is 2.67. The molecule has 0 spiro atoms. The van der Waals surface area contributed by atoms with Crippen LogP contribution in [0.3, 0.4) is 0 Å². The number of carbonyl (C=O) groups excluding carboxylic acids is 1. The highest BCUT2D eigenvalue weighted by Crippen LogP contribution is 2.18. The quantitative estimate of drug-likeness (QED) is 0.576. The van der Waals surface area contributed by atoms with E-state index in [0.29, 0.717) is 12.2 Å². The summed E-state index contributed by atoms with van der Waals surface area (Å²) in [5.41, 5.74) is 1.91. The summed E-state index contributed by atoms with van der Waals surface area (Å²) in [6, 6.07) is 22.2. The molecule has 0 radical (unpaired) electrons. The molecular weight excluding hydrogens is 404 g/mol. The van der Waals surface area contributed by atoms with E-state index in [1.807, 2.05) is 54.6 Å². The van der Waals surface area contributed by atoms with Gasteiger partial charge in [0.05, 0.1) is 0 Å². The zero-order valence-corrected chi connectivity index (χ0v) is 16.5. The van der Waals surface area contributed by atoms with E-state index in [-0.39, 0.29) is 11.5 Å². The molecule has 0 aliphatic heterocycles. The lowest BCUT2D eigenvalue weighted by Gasteiger charge is -2.20. The zero-order chi connectivity index (χ0) is 19.2. The summed E-state index contributed by atoms with van der Waals surface area (Å²) >= 11 is 3.44. The van der Waals surface area contributed by atoms with E-state index in [2.05, 4.69) is 15.9 Å². The van der Waals surface area contributed by atoms with Crippen LogP contribution in [0.4, 0.5) is 0 Å². The highest BCUT2D eigenvalue weighted by molar-refractivity contribution is 9.10. The molecule has 4 nitrogen and oxygen atoms in total. The molecule has 3 aromatic rings. The van der Waals surface area contributed by atoms with Crippen LogP contribution in [0, 0.1) is 0 Å². The Labute approximate surface area is 166 Å². The summed E-state index contributed by atoms with van der Waals surface area (Å²) in [6.45, 7) is 0.455. The van der Waals surface area contributed by atoms with Gasteiger partial charge in [0.15, 0.2) is 0 Å². The number of carbonyl (C=O) groups is 1. The lowest BCUT2D eigenvalue weighted by molar-refractivity contribution is -0.124. The molecule has 1 aromatic heterocycles. The van der Waals surface area contributed by atoms with Crippen molar-refractivity contribution in [1.82, 2.24) is 9.47 Å². The van der Waals surface area contributed by atoms with E-state index in [0.717, 1.165) is 15.6 Å². The maximum atomic E-state index is 13.2. The van der Waals surface area contributed by atoms with Crippen LogP contribution >= 0.6 is 15.9 Å². The van der Waals surface area contributed by atoms with E-state index in [1.54, 1.807) is 36.4 Å². The van der Waals surface area contributed by atoms with Gasteiger partial charge in [-0.3, -0.25) is 14.2 Å². The van der Waals surface area contributed by atoms with Gasteiger partial charge in [0.2, 0.25) is 0 Å². The standard InChI is InChI=1S/C22H19BrN2O2/c1-24(16-17-8-3-2-4-9-17)22(27)20(25-13-6-5-12-21(25)26)15-18-10-7-11-19(23)14-18/h2-15H,16H2,1H3. The minimum atomic E-state index is -0.250. The number of pyridine rings is 1. The Kier molecular flexibility index (Phi) is 6.04. The molecule has 0 unspecified atom stereocenters. The number of aromatic nitrogens is 1. The normalized spacial score (nSPS) is 11.3. The predicted molar refractivity (Wildman–Crippen MR) is 112 cm³/mol. The first-order valence-corrected chi connectivity index (χ1v) is 9.28. The second-order valence-electron chi connectivity index (χ2n) is 6.14. The SMILES string of the molecule is CN(Cc1ccccc1)C(=O)C(=Cc1cccc(Br)c1)n1ccccc1=O. The number of likely N-dealkylation sites (N-methyl/N-ethyl adjacent to an activating group) is 1. The maximum absolute atomic E-state index is 13.2. The smallest absolute Gasteiger partial charge is 0.270 e. The summed E-state index contributed by atoms with van der Waals surface area (Å²) in [7, 11) is 1.73. The number of halogens is 1. The highest BCUT2D eigenvalue weighted by atomic mass is 79.9. The minimum absolute atomic E-state index is 0.230. The van der Waals surface area contributed by atoms with E-state index < -0.39 is 0 Å². The van der Waals surface area contributed by atoms with Gasteiger partial charge in [0.1, 0.15) is 5.70 Å². The van der Waals surface area contributed by atoms with Gasteiger partial charge < -0.3 is 4.90 Å². The summed E-state index contributed by atoms with van der Waals surface area (Å²) in [4.78, 5) is 27.1. The van der Waals surface area contributed by atoms with E-state index >= 15 is 0 Å². The van der Waals surface area contributed by atoms with E-state index in [1.165, 1.54) is 10.6 Å². The topological polar surface area (TPSA) is 42.3 Å². The molecule has 136 valence electrons. The van der Waals surface area contributed by atoms with Crippen LogP contribution in [0.15, 0.2) is 88.3 Å². The average molecular weight is 423 g/mol. The minimum Gasteiger partial charge on any atom is -0.336 e. The Morgan fingerprint density at radius 1 is 1.04 bits per heavy atom. The van der Waals surface area contributed by atoms with Crippen LogP contribution < -0.4 is 5.56 Å². The van der Waals surface area contributed by atoms with Gasteiger partial charge in [0, 0.05) is 30.3 Å². The second kappa shape index (κ2) is 8.64. The molecule has 0 saturated heterocycles. The van der Waals surface area contributed by atoms with Crippen molar-refractivity contribution in [3.8, 4) is 0 Å². The fourth-order valence-electron chi connectivity index (χ4n) is 2.74. The number of amides is 1. The Hall–Kier alpha value is -2.92. The number of nitrogens with zero attached hydrogens (tertiary/aromatic N) is 2. The molecule has 1 heterocycles. The van der Waals surface area contributed by atoms with Gasteiger partial charge in [-0.1, -0.05) is 64.5 Å². The third-order valence-electron chi connectivity index (χ3n) is 4.06. The zero-order valence-electron chi connectivity index (χ0n) is 14.9. The number of benzene rings is 2. The lowest BCUT2D eigenvalue weighted by Crippen LogP contribution is -2.32. The molecule has 0 fully saturated rings. The van der Waals surface area contributed by atoms with Gasteiger partial charge >= 0.3 is 0 Å². The van der Waals surface area contributed by atoms with Gasteiger partial charge in [-0.2, -0.15) is 0 Å². The highest BCUT2D eigenvalue weighted by Gasteiger charge is 2.18. The number of rotatable bonds is 5. The van der Waals surface area contributed by atoms with Crippen molar-refractivity contribution >= 4 is 33.6 Å². The van der Waals surface area contributed by atoms with E-state index in [9.17, 15) is 9.59 Å². The van der Waals surface area contributed by atoms with Crippen molar-refractivity contribution in [2.75, 3.05) is 7.05 Å². The lowest BCUT2D eigenvalue weighted by atomic mass is 10.1. The van der Waals surface area contributed by atoms with Crippen molar-refractivity contribution in [1.29, 1.82) is 0 Å². The molecule has 1 amide bonds. The van der Waals surface area contributed by atoms with Gasteiger partial charge in [-0.05, 0) is 35.4 Å². The summed E-state index contributed by atoms with van der Waals surface area (Å²) in [6.07, 6.45) is 3.34. The fourth-order valence-corrected chi connectivity index (χ4v) is 3.16. The Morgan fingerprint density at radius 2 is 1.78 bits per heavy atom. The first-order valence-electron chi connectivity index (χ1n) is 8.49. The summed E-state index contributed by atoms with van der Waals surface area (Å²) in [5.74, 6) is -0.230. The van der Waals surface area contributed by atoms with Crippen LogP contribution in [0.2, 0.25) is 0 Å². The first-order chi connectivity index (χ1) is 13.0. The molecule has 27 heavy (non-hydrogen) atoms. The first kappa shape index (κ1) is 18.9. The van der Waals surface area contributed by atoms with Crippen LogP contribution in [-0.2, 0) is 11.3 Å². The van der Waals surface area contributed by atoms with Crippen LogP contribution in [0.1, 0.15) is 11.1 Å². The van der Waals surface area contributed by atoms with Crippen LogP contribution in [0.25, 0.3) is 11.8 Å². The molecule has 2 aromatic carbocycles. The molecule has 5 heteroatoms. The van der Waals surface area contributed by atoms with Crippen molar-refractivity contribution in [3.63, 3.8) is 0 Å². The Bertz CT molecular complexity index is 1030. The Morgan fingerprint density at radius 3 is 2.48 bits per heavy atom. The third kappa shape index (κ3) is 4.83. The molecule has 3 rings (SSSR count). The molecule has 0 aliphatic rings. The largest absolute Gasteiger partial charge is 0.336 e. The Balaban J connectivity index is 2.00. The van der Waals surface area contributed by atoms with Crippen LogP contribution in [-0.4, -0.2) is 22.4 Å². The predicted octanol–water partition coefficient (Wildman–Crippen LogP) is 4.27. The molecule has 0 saturated carbocycles. The van der Waals surface area contributed by atoms with Gasteiger partial charge in [0.25, 0.3) is 11.5 Å². The van der Waals surface area contributed by atoms with Gasteiger partial charge in [-0.25, -0.2) is 0 Å². The molecule has 0 atom stereocenters. The van der Waals surface area contributed by atoms with Crippen molar-refractivity contribution in [3.05, 3.63) is 105 Å². The number of hydrogen-bond donors (Lipinski definition) is 0. The molecule has 0 N–H and O–H groups in total. The molecular formula is C22H19BrN2O2. The van der Waals surface area contributed by atoms with Crippen molar-refractivity contribution in [2.45, 2.75) is 6.54 Å². The fraction of sp³-hybridized carbons (Fsp3) is 0.0909. The molecule has 0 bridgehead atoms. The number of hydrogen-bond acceptors (Lipinski definition) is 2. The monoisotopic (exact) mass is 422 g/mol. The summed E-state index contributed by atoms with van der Waals surface area (Å²) in [5, 5.41) is 0. The second-order valence-corrected chi connectivity index (χ2v) is 7.06. The summed E-state index contributed by atoms with van der Waals surface area (Å²) < 4.78 is 2.28. The maximum Gasteiger partial charge on any atom is 0.270 e. The van der Waals surface area contributed by atoms with Crippen LogP contribution in [0.5, 0.6) is 0 Å². The van der Waals surface area contributed by atoms with Crippen molar-refractivity contribution < 1.29 is 4.79 Å².